The molecule has 0 spiro atoms. The fourth-order valence-electron chi connectivity index (χ4n) is 1.81. The first kappa shape index (κ1) is 7.74. The van der Waals surface area contributed by atoms with E-state index in [1.165, 1.54) is 0 Å². The first-order chi connectivity index (χ1) is 5.74. The van der Waals surface area contributed by atoms with Crippen LogP contribution >= 0.6 is 0 Å². The highest BCUT2D eigenvalue weighted by Crippen LogP contribution is 2.34. The first-order valence-electron chi connectivity index (χ1n) is 4.31. The third-order valence-corrected chi connectivity index (χ3v) is 2.51. The van der Waals surface area contributed by atoms with Gasteiger partial charge in [0.25, 0.3) is 0 Å². The molecule has 0 aromatic heterocycles. The molecule has 0 N–H and O–H groups in total. The fourth-order valence-corrected chi connectivity index (χ4v) is 1.81. The van der Waals surface area contributed by atoms with Crippen LogP contribution < -0.4 is 0 Å². The van der Waals surface area contributed by atoms with Crippen LogP contribution in [0.25, 0.3) is 0 Å². The minimum atomic E-state index is -0.0394. The molecule has 2 bridgehead atoms. The van der Waals surface area contributed by atoms with Crippen molar-refractivity contribution in [3.63, 3.8) is 0 Å². The van der Waals surface area contributed by atoms with Gasteiger partial charge in [0.2, 0.25) is 0 Å². The van der Waals surface area contributed by atoms with Crippen LogP contribution in [0.3, 0.4) is 0 Å². The van der Waals surface area contributed by atoms with Gasteiger partial charge in [-0.2, -0.15) is 0 Å². The molecule has 2 rings (SSSR count). The second-order valence-electron chi connectivity index (χ2n) is 3.24. The van der Waals surface area contributed by atoms with Gasteiger partial charge in [-0.15, -0.1) is 0 Å². The summed E-state index contributed by atoms with van der Waals surface area (Å²) in [7, 11) is 0. The Morgan fingerprint density at radius 1 is 1.50 bits per heavy atom. The number of carbonyl (C=O) groups excluding carboxylic acids is 1. The van der Waals surface area contributed by atoms with E-state index >= 15 is 0 Å². The standard InChI is InChI=1S/C10H12O2/c1-3-7(11)10-6(2)8-4-5-9(10)12-8/h4-5,8-9H,3H2,1-2H3. The predicted molar refractivity (Wildman–Crippen MR) is 45.8 cm³/mol. The van der Waals surface area contributed by atoms with Crippen LogP contribution in [0.5, 0.6) is 0 Å². The number of Topliss-reactive ketones (excluding diaryl/α,β-unsaturated/α-hetero) is 1. The summed E-state index contributed by atoms with van der Waals surface area (Å²) in [5, 5.41) is 0. The van der Waals surface area contributed by atoms with Crippen LogP contribution in [-0.4, -0.2) is 18.0 Å². The second kappa shape index (κ2) is 2.56. The summed E-state index contributed by atoms with van der Waals surface area (Å²) >= 11 is 0. The Kier molecular flexibility index (Phi) is 1.65. The van der Waals surface area contributed by atoms with Gasteiger partial charge in [0.15, 0.2) is 5.78 Å². The van der Waals surface area contributed by atoms with E-state index in [1.54, 1.807) is 0 Å². The van der Waals surface area contributed by atoms with Gasteiger partial charge in [0, 0.05) is 12.0 Å². The van der Waals surface area contributed by atoms with Crippen LogP contribution in [0, 0.1) is 0 Å². The summed E-state index contributed by atoms with van der Waals surface area (Å²) in [4.78, 5) is 11.4. The van der Waals surface area contributed by atoms with Gasteiger partial charge in [-0.25, -0.2) is 0 Å². The smallest absolute Gasteiger partial charge is 0.161 e. The van der Waals surface area contributed by atoms with Crippen LogP contribution in [0.15, 0.2) is 23.3 Å². The molecule has 0 amide bonds. The number of carbonyl (C=O) groups is 1. The molecule has 2 nitrogen and oxygen atoms in total. The highest BCUT2D eigenvalue weighted by Gasteiger charge is 2.36. The van der Waals surface area contributed by atoms with Crippen molar-refractivity contribution in [1.82, 2.24) is 0 Å². The van der Waals surface area contributed by atoms with Crippen LogP contribution in [-0.2, 0) is 9.53 Å². The molecule has 0 fully saturated rings. The maximum Gasteiger partial charge on any atom is 0.161 e. The number of hydrogen-bond donors (Lipinski definition) is 0. The van der Waals surface area contributed by atoms with E-state index in [-0.39, 0.29) is 18.0 Å². The number of hydrogen-bond acceptors (Lipinski definition) is 2. The number of fused-ring (bicyclic) bond motifs is 2. The summed E-state index contributed by atoms with van der Waals surface area (Å²) in [5.74, 6) is 0.226. The van der Waals surface area contributed by atoms with Crippen molar-refractivity contribution in [1.29, 1.82) is 0 Å². The molecule has 12 heavy (non-hydrogen) atoms. The Labute approximate surface area is 71.9 Å². The molecule has 2 unspecified atom stereocenters. The van der Waals surface area contributed by atoms with E-state index in [0.717, 1.165) is 11.1 Å². The lowest BCUT2D eigenvalue weighted by Gasteiger charge is -2.07. The molecule has 2 atom stereocenters. The third kappa shape index (κ3) is 0.879. The zero-order valence-electron chi connectivity index (χ0n) is 7.33. The predicted octanol–water partition coefficient (Wildman–Crippen LogP) is 1.62. The van der Waals surface area contributed by atoms with Gasteiger partial charge >= 0.3 is 0 Å². The van der Waals surface area contributed by atoms with Crippen LogP contribution in [0.2, 0.25) is 0 Å². The first-order valence-corrected chi connectivity index (χ1v) is 4.31. The van der Waals surface area contributed by atoms with Crippen molar-refractivity contribution in [3.8, 4) is 0 Å². The SMILES string of the molecule is CCC(=O)C1=C(C)C2C=CC1O2. The molecular weight excluding hydrogens is 152 g/mol. The van der Waals surface area contributed by atoms with Gasteiger partial charge in [0.05, 0.1) is 6.10 Å². The van der Waals surface area contributed by atoms with Crippen molar-refractivity contribution < 1.29 is 9.53 Å². The second-order valence-corrected chi connectivity index (χ2v) is 3.24. The van der Waals surface area contributed by atoms with Crippen molar-refractivity contribution in [2.45, 2.75) is 32.5 Å². The molecule has 0 aromatic carbocycles. The lowest BCUT2D eigenvalue weighted by molar-refractivity contribution is -0.115. The van der Waals surface area contributed by atoms with E-state index in [9.17, 15) is 4.79 Å². The molecule has 0 aliphatic carbocycles. The van der Waals surface area contributed by atoms with Crippen molar-refractivity contribution in [2.24, 2.45) is 0 Å². The van der Waals surface area contributed by atoms with Crippen LogP contribution in [0.4, 0.5) is 0 Å². The summed E-state index contributed by atoms with van der Waals surface area (Å²) in [6, 6.07) is 0. The zero-order chi connectivity index (χ0) is 8.72. The van der Waals surface area contributed by atoms with Crippen LogP contribution in [0.1, 0.15) is 20.3 Å². The Hall–Kier alpha value is -0.890. The van der Waals surface area contributed by atoms with E-state index in [2.05, 4.69) is 0 Å². The van der Waals surface area contributed by atoms with Gasteiger partial charge in [-0.05, 0) is 12.5 Å². The lowest BCUT2D eigenvalue weighted by atomic mass is 9.94. The maximum absolute atomic E-state index is 11.4. The largest absolute Gasteiger partial charge is 0.358 e. The molecule has 2 aliphatic rings. The Morgan fingerprint density at radius 3 is 2.67 bits per heavy atom. The Bertz CT molecular complexity index is 286. The van der Waals surface area contributed by atoms with E-state index in [0.29, 0.717) is 6.42 Å². The maximum atomic E-state index is 11.4. The fraction of sp³-hybridized carbons (Fsp3) is 0.500. The minimum absolute atomic E-state index is 0.0394. The van der Waals surface area contributed by atoms with Crippen molar-refractivity contribution in [2.75, 3.05) is 0 Å². The normalized spacial score (nSPS) is 31.8. The molecule has 0 saturated carbocycles. The third-order valence-electron chi connectivity index (χ3n) is 2.51. The van der Waals surface area contributed by atoms with E-state index in [4.69, 9.17) is 4.74 Å². The monoisotopic (exact) mass is 164 g/mol. The molecule has 64 valence electrons. The number of ketones is 1. The Morgan fingerprint density at radius 2 is 2.17 bits per heavy atom. The van der Waals surface area contributed by atoms with E-state index in [1.807, 2.05) is 26.0 Å². The molecule has 2 aliphatic heterocycles. The summed E-state index contributed by atoms with van der Waals surface area (Å²) in [6.45, 7) is 3.87. The summed E-state index contributed by atoms with van der Waals surface area (Å²) < 4.78 is 5.51. The molecule has 2 heteroatoms. The molecule has 0 saturated heterocycles. The van der Waals surface area contributed by atoms with Gasteiger partial charge in [-0.3, -0.25) is 4.79 Å². The molecule has 0 radical (unpaired) electrons. The average molecular weight is 164 g/mol. The molecule has 0 aromatic rings. The lowest BCUT2D eigenvalue weighted by Crippen LogP contribution is -2.13. The Balaban J connectivity index is 2.32. The van der Waals surface area contributed by atoms with Gasteiger partial charge in [-0.1, -0.05) is 19.1 Å². The zero-order valence-corrected chi connectivity index (χ0v) is 7.33. The van der Waals surface area contributed by atoms with Gasteiger partial charge < -0.3 is 4.74 Å². The van der Waals surface area contributed by atoms with Gasteiger partial charge in [0.1, 0.15) is 6.10 Å². The summed E-state index contributed by atoms with van der Waals surface area (Å²) in [5.41, 5.74) is 2.00. The summed E-state index contributed by atoms with van der Waals surface area (Å²) in [6.07, 6.45) is 4.61. The minimum Gasteiger partial charge on any atom is -0.358 e. The highest BCUT2D eigenvalue weighted by atomic mass is 16.5. The molecular formula is C10H12O2. The van der Waals surface area contributed by atoms with E-state index < -0.39 is 0 Å². The highest BCUT2D eigenvalue weighted by molar-refractivity contribution is 5.98. The van der Waals surface area contributed by atoms with Crippen molar-refractivity contribution >= 4 is 5.78 Å². The average Bonchev–Trinajstić information content (AvgIpc) is 2.63. The molecule has 2 heterocycles. The number of ether oxygens (including phenoxy) is 1. The number of rotatable bonds is 2. The van der Waals surface area contributed by atoms with Crippen molar-refractivity contribution in [3.05, 3.63) is 23.3 Å². The topological polar surface area (TPSA) is 26.3 Å². The quantitative estimate of drug-likeness (QED) is 0.580.